The first-order chi connectivity index (χ1) is 12.8. The molecule has 0 saturated carbocycles. The van der Waals surface area contributed by atoms with E-state index in [2.05, 4.69) is 34.2 Å². The van der Waals surface area contributed by atoms with Gasteiger partial charge in [0.1, 0.15) is 5.75 Å². The highest BCUT2D eigenvalue weighted by Crippen LogP contribution is 2.22. The second-order valence-electron chi connectivity index (χ2n) is 7.57. The van der Waals surface area contributed by atoms with Crippen molar-refractivity contribution >= 4 is 22.4 Å². The van der Waals surface area contributed by atoms with Gasteiger partial charge in [0.2, 0.25) is 0 Å². The van der Waals surface area contributed by atoms with Crippen molar-refractivity contribution in [2.45, 2.75) is 32.4 Å². The minimum atomic E-state index is -0.870. The lowest BCUT2D eigenvalue weighted by atomic mass is 10.2. The quantitative estimate of drug-likeness (QED) is 0.593. The molecule has 0 amide bonds. The van der Waals surface area contributed by atoms with Gasteiger partial charge in [0, 0.05) is 65.8 Å². The standard InChI is InChI=1S/C20H34N4O2S/c1-6-21-19(22-10-15-27(25)20(2,3)4)24-13-11-23(12-14-24)17-8-7-9-18(16-17)26-5/h7-9,16H,6,10-15H2,1-5H3,(H,21,22). The fourth-order valence-electron chi connectivity index (χ4n) is 2.95. The van der Waals surface area contributed by atoms with Gasteiger partial charge in [0.15, 0.2) is 5.96 Å². The van der Waals surface area contributed by atoms with Gasteiger partial charge in [-0.2, -0.15) is 0 Å². The summed E-state index contributed by atoms with van der Waals surface area (Å²) in [5, 5.41) is 3.38. The highest BCUT2D eigenvalue weighted by Gasteiger charge is 2.21. The van der Waals surface area contributed by atoms with Crippen LogP contribution in [0, 0.1) is 0 Å². The number of hydrogen-bond donors (Lipinski definition) is 1. The molecule has 0 bridgehead atoms. The molecular weight excluding hydrogens is 360 g/mol. The zero-order chi connectivity index (χ0) is 19.9. The van der Waals surface area contributed by atoms with Crippen LogP contribution in [-0.4, -0.2) is 71.9 Å². The minimum Gasteiger partial charge on any atom is -0.497 e. The highest BCUT2D eigenvalue weighted by molar-refractivity contribution is 7.86. The van der Waals surface area contributed by atoms with Crippen molar-refractivity contribution in [1.82, 2.24) is 10.2 Å². The van der Waals surface area contributed by atoms with Crippen LogP contribution in [0.2, 0.25) is 0 Å². The third kappa shape index (κ3) is 6.41. The Morgan fingerprint density at radius 2 is 1.96 bits per heavy atom. The molecule has 0 aliphatic carbocycles. The van der Waals surface area contributed by atoms with Gasteiger partial charge >= 0.3 is 0 Å². The molecule has 7 heteroatoms. The minimum absolute atomic E-state index is 0.184. The van der Waals surface area contributed by atoms with E-state index in [1.807, 2.05) is 32.9 Å². The van der Waals surface area contributed by atoms with Gasteiger partial charge in [-0.3, -0.25) is 9.20 Å². The van der Waals surface area contributed by atoms with Crippen molar-refractivity contribution in [3.8, 4) is 5.75 Å². The molecule has 1 saturated heterocycles. The summed E-state index contributed by atoms with van der Waals surface area (Å²) in [6.07, 6.45) is 0. The molecule has 27 heavy (non-hydrogen) atoms. The molecule has 1 atom stereocenters. The van der Waals surface area contributed by atoms with Gasteiger partial charge in [-0.15, -0.1) is 0 Å². The lowest BCUT2D eigenvalue weighted by Gasteiger charge is -2.37. The Morgan fingerprint density at radius 1 is 1.26 bits per heavy atom. The van der Waals surface area contributed by atoms with E-state index >= 15 is 0 Å². The predicted octanol–water partition coefficient (Wildman–Crippen LogP) is 2.33. The Bertz CT molecular complexity index is 650. The van der Waals surface area contributed by atoms with Crippen molar-refractivity contribution in [2.24, 2.45) is 4.99 Å². The van der Waals surface area contributed by atoms with Gasteiger partial charge in [-0.05, 0) is 39.8 Å². The number of piperazine rings is 1. The van der Waals surface area contributed by atoms with Crippen LogP contribution < -0.4 is 15.0 Å². The van der Waals surface area contributed by atoms with Crippen LogP contribution in [0.1, 0.15) is 27.7 Å². The van der Waals surface area contributed by atoms with Gasteiger partial charge in [-0.25, -0.2) is 0 Å². The molecule has 1 aliphatic heterocycles. The number of anilines is 1. The van der Waals surface area contributed by atoms with Gasteiger partial charge < -0.3 is 19.9 Å². The molecule has 2 rings (SSSR count). The summed E-state index contributed by atoms with van der Waals surface area (Å²) in [5.74, 6) is 2.41. The Morgan fingerprint density at radius 3 is 2.56 bits per heavy atom. The third-order valence-corrected chi connectivity index (χ3v) is 6.47. The number of aliphatic imine (C=N–C) groups is 1. The molecular formula is C20H34N4O2S. The smallest absolute Gasteiger partial charge is 0.194 e. The summed E-state index contributed by atoms with van der Waals surface area (Å²) in [6, 6.07) is 8.20. The molecule has 0 aromatic heterocycles. The summed E-state index contributed by atoms with van der Waals surface area (Å²) in [4.78, 5) is 9.38. The lowest BCUT2D eigenvalue weighted by molar-refractivity contribution is 0.372. The first-order valence-electron chi connectivity index (χ1n) is 9.66. The topological polar surface area (TPSA) is 57.2 Å². The van der Waals surface area contributed by atoms with Crippen molar-refractivity contribution in [1.29, 1.82) is 0 Å². The second kappa shape index (κ2) is 9.97. The van der Waals surface area contributed by atoms with Crippen LogP contribution in [0.4, 0.5) is 5.69 Å². The summed E-state index contributed by atoms with van der Waals surface area (Å²) in [6.45, 7) is 13.2. The van der Waals surface area contributed by atoms with Crippen LogP contribution >= 0.6 is 0 Å². The Labute approximate surface area is 166 Å². The van der Waals surface area contributed by atoms with Crippen molar-refractivity contribution < 1.29 is 8.95 Å². The monoisotopic (exact) mass is 394 g/mol. The first kappa shape index (κ1) is 21.5. The molecule has 6 nitrogen and oxygen atoms in total. The number of methoxy groups -OCH3 is 1. The van der Waals surface area contributed by atoms with E-state index in [1.54, 1.807) is 7.11 Å². The SMILES string of the molecule is CCNC(=NCCS(=O)C(C)(C)C)N1CCN(c2cccc(OC)c2)CC1. The fraction of sp³-hybridized carbons (Fsp3) is 0.650. The summed E-state index contributed by atoms with van der Waals surface area (Å²) in [5.41, 5.74) is 1.19. The maximum atomic E-state index is 12.2. The molecule has 1 aromatic rings. The van der Waals surface area contributed by atoms with Crippen LogP contribution in [0.25, 0.3) is 0 Å². The van der Waals surface area contributed by atoms with Gasteiger partial charge in [0.25, 0.3) is 0 Å². The van der Waals surface area contributed by atoms with E-state index in [0.29, 0.717) is 12.3 Å². The molecule has 1 aromatic carbocycles. The second-order valence-corrected chi connectivity index (χ2v) is 9.90. The molecule has 1 aliphatic rings. The zero-order valence-corrected chi connectivity index (χ0v) is 18.1. The molecule has 0 spiro atoms. The Balaban J connectivity index is 1.93. The normalized spacial score (nSPS) is 17.0. The molecule has 1 fully saturated rings. The average molecular weight is 395 g/mol. The van der Waals surface area contributed by atoms with Gasteiger partial charge in [0.05, 0.1) is 13.7 Å². The molecule has 1 unspecified atom stereocenters. The van der Waals surface area contributed by atoms with Crippen LogP contribution in [-0.2, 0) is 10.8 Å². The number of nitrogens with zero attached hydrogens (tertiary/aromatic N) is 3. The Hall–Kier alpha value is -1.76. The first-order valence-corrected chi connectivity index (χ1v) is 11.0. The highest BCUT2D eigenvalue weighted by atomic mass is 32.2. The summed E-state index contributed by atoms with van der Waals surface area (Å²) >= 11 is 0. The molecule has 152 valence electrons. The van der Waals surface area contributed by atoms with Crippen LogP contribution in [0.5, 0.6) is 5.75 Å². The van der Waals surface area contributed by atoms with E-state index < -0.39 is 10.8 Å². The largest absolute Gasteiger partial charge is 0.497 e. The van der Waals surface area contributed by atoms with Crippen molar-refractivity contribution in [3.63, 3.8) is 0 Å². The average Bonchev–Trinajstić information content (AvgIpc) is 2.66. The van der Waals surface area contributed by atoms with Crippen molar-refractivity contribution in [2.75, 3.05) is 57.0 Å². The summed E-state index contributed by atoms with van der Waals surface area (Å²) < 4.78 is 17.4. The van der Waals surface area contributed by atoms with Crippen LogP contribution in [0.3, 0.4) is 0 Å². The maximum Gasteiger partial charge on any atom is 0.194 e. The number of guanidine groups is 1. The molecule has 0 radical (unpaired) electrons. The van der Waals surface area contributed by atoms with E-state index in [1.165, 1.54) is 5.69 Å². The van der Waals surface area contributed by atoms with E-state index in [-0.39, 0.29) is 4.75 Å². The summed E-state index contributed by atoms with van der Waals surface area (Å²) in [7, 11) is 0.827. The van der Waals surface area contributed by atoms with E-state index in [9.17, 15) is 4.21 Å². The van der Waals surface area contributed by atoms with E-state index in [0.717, 1.165) is 44.4 Å². The third-order valence-electron chi connectivity index (χ3n) is 4.55. The number of rotatable bonds is 6. The van der Waals surface area contributed by atoms with Crippen LogP contribution in [0.15, 0.2) is 29.3 Å². The zero-order valence-electron chi connectivity index (χ0n) is 17.3. The molecule has 1 heterocycles. The van der Waals surface area contributed by atoms with E-state index in [4.69, 9.17) is 9.73 Å². The molecule has 1 N–H and O–H groups in total. The fourth-order valence-corrected chi connectivity index (χ4v) is 3.82. The number of ether oxygens (including phenoxy) is 1. The van der Waals surface area contributed by atoms with Gasteiger partial charge in [-0.1, -0.05) is 6.07 Å². The predicted molar refractivity (Wildman–Crippen MR) is 116 cm³/mol. The maximum absolute atomic E-state index is 12.2. The Kier molecular flexibility index (Phi) is 7.95. The lowest BCUT2D eigenvalue weighted by Crippen LogP contribution is -2.52. The number of nitrogens with one attached hydrogen (secondary N) is 1. The van der Waals surface area contributed by atoms with Crippen molar-refractivity contribution in [3.05, 3.63) is 24.3 Å². The number of benzene rings is 1. The number of hydrogen-bond acceptors (Lipinski definition) is 4.